The molecule has 204 valence electrons. The fourth-order valence-corrected chi connectivity index (χ4v) is 5.26. The smallest absolute Gasteiger partial charge is 0.337 e. The minimum atomic E-state index is -0.463. The molecule has 0 aliphatic heterocycles. The van der Waals surface area contributed by atoms with Crippen molar-refractivity contribution in [2.24, 2.45) is 0 Å². The first-order chi connectivity index (χ1) is 19.3. The highest BCUT2D eigenvalue weighted by atomic mass is 19.1. The number of carbonyl (C=O) groups excluding carboxylic acids is 1. The lowest BCUT2D eigenvalue weighted by molar-refractivity contribution is 0.0600. The summed E-state index contributed by atoms with van der Waals surface area (Å²) in [6.07, 6.45) is 0. The summed E-state index contributed by atoms with van der Waals surface area (Å²) >= 11 is 0. The van der Waals surface area contributed by atoms with Gasteiger partial charge in [-0.25, -0.2) is 9.18 Å². The minimum Gasteiger partial charge on any atom is -0.488 e. The van der Waals surface area contributed by atoms with Gasteiger partial charge in [0.1, 0.15) is 18.2 Å². The molecule has 0 aliphatic carbocycles. The van der Waals surface area contributed by atoms with Gasteiger partial charge < -0.3 is 18.8 Å². The average Bonchev–Trinajstić information content (AvgIpc) is 3.33. The van der Waals surface area contributed by atoms with Crippen molar-refractivity contribution in [2.45, 2.75) is 25.9 Å². The normalized spacial score (nSPS) is 11.5. The molecule has 0 aliphatic rings. The number of rotatable bonds is 9. The number of halogens is 1. The van der Waals surface area contributed by atoms with Crippen molar-refractivity contribution in [3.8, 4) is 22.6 Å². The molecule has 0 atom stereocenters. The highest BCUT2D eigenvalue weighted by Crippen LogP contribution is 2.46. The summed E-state index contributed by atoms with van der Waals surface area (Å²) in [5.74, 6) is 0.0271. The first-order valence-corrected chi connectivity index (χ1v) is 13.1. The Bertz CT molecular complexity index is 1620. The minimum absolute atomic E-state index is 0.302. The van der Waals surface area contributed by atoms with Crippen molar-refractivity contribution in [1.82, 2.24) is 4.57 Å². The van der Waals surface area contributed by atoms with E-state index in [4.69, 9.17) is 14.2 Å². The van der Waals surface area contributed by atoms with Crippen LogP contribution in [0.15, 0.2) is 97.1 Å². The van der Waals surface area contributed by atoms with Crippen LogP contribution in [0, 0.1) is 5.82 Å². The van der Waals surface area contributed by atoms with E-state index in [-0.39, 0.29) is 5.82 Å². The van der Waals surface area contributed by atoms with Gasteiger partial charge in [0.2, 0.25) is 0 Å². The molecule has 4 aromatic carbocycles. The van der Waals surface area contributed by atoms with Crippen LogP contribution >= 0.6 is 0 Å². The van der Waals surface area contributed by atoms with Crippen molar-refractivity contribution >= 4 is 16.9 Å². The van der Waals surface area contributed by atoms with Crippen molar-refractivity contribution in [1.29, 1.82) is 0 Å². The largest absolute Gasteiger partial charge is 0.488 e. The zero-order chi connectivity index (χ0) is 28.3. The van der Waals surface area contributed by atoms with Crippen molar-refractivity contribution in [3.63, 3.8) is 0 Å². The van der Waals surface area contributed by atoms with E-state index in [9.17, 15) is 9.18 Å². The Morgan fingerprint density at radius 3 is 2.20 bits per heavy atom. The summed E-state index contributed by atoms with van der Waals surface area (Å²) in [6.45, 7) is 5.10. The Morgan fingerprint density at radius 2 is 1.55 bits per heavy atom. The molecule has 0 N–H and O–H groups in total. The molecule has 0 unspecified atom stereocenters. The van der Waals surface area contributed by atoms with Gasteiger partial charge in [-0.15, -0.1) is 0 Å². The van der Waals surface area contributed by atoms with E-state index in [0.717, 1.165) is 44.7 Å². The van der Waals surface area contributed by atoms with Gasteiger partial charge >= 0.3 is 5.97 Å². The second-order valence-corrected chi connectivity index (χ2v) is 10.3. The Hall–Kier alpha value is -4.42. The van der Waals surface area contributed by atoms with Gasteiger partial charge in [0.25, 0.3) is 0 Å². The quantitative estimate of drug-likeness (QED) is 0.181. The summed E-state index contributed by atoms with van der Waals surface area (Å²) in [6, 6.07) is 29.9. The van der Waals surface area contributed by atoms with E-state index in [0.29, 0.717) is 18.8 Å². The van der Waals surface area contributed by atoms with Crippen LogP contribution in [-0.4, -0.2) is 31.4 Å². The van der Waals surface area contributed by atoms with Gasteiger partial charge in [-0.2, -0.15) is 0 Å². The lowest BCUT2D eigenvalue weighted by Crippen LogP contribution is -2.27. The maximum atomic E-state index is 14.0. The number of hydrogen-bond donors (Lipinski definition) is 0. The highest BCUT2D eigenvalue weighted by Gasteiger charge is 2.33. The molecule has 0 amide bonds. The standard InChI is InChI=1S/C34H32FNO4/c1-34(2,22-38-3)32-30(24-13-15-25(16-14-24)33(37)39-4)31-28(36(32)27-19-17-26(35)18-20-27)11-8-12-29(31)40-21-23-9-6-5-7-10-23/h5-20H,21-22H2,1-4H3. The van der Waals surface area contributed by atoms with Gasteiger partial charge in [0, 0.05) is 29.5 Å². The van der Waals surface area contributed by atoms with Crippen LogP contribution in [0.1, 0.15) is 35.5 Å². The molecule has 5 aromatic rings. The van der Waals surface area contributed by atoms with Crippen molar-refractivity contribution in [3.05, 3.63) is 120 Å². The fourth-order valence-electron chi connectivity index (χ4n) is 5.26. The lowest BCUT2D eigenvalue weighted by atomic mass is 9.84. The van der Waals surface area contributed by atoms with Crippen LogP contribution in [-0.2, 0) is 21.5 Å². The molecule has 0 saturated heterocycles. The van der Waals surface area contributed by atoms with E-state index < -0.39 is 11.4 Å². The highest BCUT2D eigenvalue weighted by molar-refractivity contribution is 6.04. The van der Waals surface area contributed by atoms with Crippen LogP contribution in [0.2, 0.25) is 0 Å². The van der Waals surface area contributed by atoms with Gasteiger partial charge in [0.05, 0.1) is 30.2 Å². The molecule has 1 aromatic heterocycles. The molecule has 0 fully saturated rings. The molecule has 0 radical (unpaired) electrons. The topological polar surface area (TPSA) is 49.7 Å². The van der Waals surface area contributed by atoms with Crippen LogP contribution < -0.4 is 4.74 Å². The van der Waals surface area contributed by atoms with Crippen LogP contribution in [0.25, 0.3) is 27.7 Å². The average molecular weight is 538 g/mol. The third-order valence-electron chi connectivity index (χ3n) is 7.02. The Labute approximate surface area is 233 Å². The number of fused-ring (bicyclic) bond motifs is 1. The first-order valence-electron chi connectivity index (χ1n) is 13.1. The van der Waals surface area contributed by atoms with E-state index >= 15 is 0 Å². The number of aromatic nitrogens is 1. The molecule has 5 rings (SSSR count). The molecular formula is C34H32FNO4. The molecule has 6 heteroatoms. The van der Waals surface area contributed by atoms with E-state index in [1.165, 1.54) is 19.2 Å². The van der Waals surface area contributed by atoms with E-state index in [1.807, 2.05) is 60.7 Å². The zero-order valence-electron chi connectivity index (χ0n) is 23.1. The van der Waals surface area contributed by atoms with Crippen molar-refractivity contribution in [2.75, 3.05) is 20.8 Å². The van der Waals surface area contributed by atoms with Crippen LogP contribution in [0.3, 0.4) is 0 Å². The van der Waals surface area contributed by atoms with Gasteiger partial charge in [-0.05, 0) is 59.7 Å². The number of ether oxygens (including phenoxy) is 3. The summed E-state index contributed by atoms with van der Waals surface area (Å²) in [7, 11) is 3.06. The predicted octanol–water partition coefficient (Wildman–Crippen LogP) is 7.73. The summed E-state index contributed by atoms with van der Waals surface area (Å²) in [5, 5.41) is 0.924. The molecule has 0 spiro atoms. The van der Waals surface area contributed by atoms with E-state index in [2.05, 4.69) is 18.4 Å². The second-order valence-electron chi connectivity index (χ2n) is 10.3. The third-order valence-corrected chi connectivity index (χ3v) is 7.02. The van der Waals surface area contributed by atoms with Gasteiger partial charge in [0.15, 0.2) is 0 Å². The van der Waals surface area contributed by atoms with Crippen LogP contribution in [0.5, 0.6) is 5.75 Å². The molecule has 0 bridgehead atoms. The van der Waals surface area contributed by atoms with Crippen molar-refractivity contribution < 1.29 is 23.4 Å². The number of carbonyl (C=O) groups is 1. The third kappa shape index (κ3) is 5.23. The number of benzene rings is 4. The van der Waals surface area contributed by atoms with Crippen LogP contribution in [0.4, 0.5) is 4.39 Å². The molecule has 40 heavy (non-hydrogen) atoms. The number of nitrogens with zero attached hydrogens (tertiary/aromatic N) is 1. The molecule has 0 saturated carbocycles. The maximum Gasteiger partial charge on any atom is 0.337 e. The Morgan fingerprint density at radius 1 is 0.850 bits per heavy atom. The Balaban J connectivity index is 1.82. The molecular weight excluding hydrogens is 505 g/mol. The van der Waals surface area contributed by atoms with Gasteiger partial charge in [-0.1, -0.05) is 62.4 Å². The summed E-state index contributed by atoms with van der Waals surface area (Å²) in [5.41, 5.74) is 5.65. The predicted molar refractivity (Wildman–Crippen MR) is 156 cm³/mol. The lowest BCUT2D eigenvalue weighted by Gasteiger charge is -2.28. The summed E-state index contributed by atoms with van der Waals surface area (Å²) < 4.78 is 33.2. The number of methoxy groups -OCH3 is 2. The Kier molecular flexibility index (Phi) is 7.71. The van der Waals surface area contributed by atoms with E-state index in [1.54, 1.807) is 31.4 Å². The fraction of sp³-hybridized carbons (Fsp3) is 0.206. The molecule has 1 heterocycles. The molecule has 5 nitrogen and oxygen atoms in total. The first kappa shape index (κ1) is 27.2. The number of hydrogen-bond acceptors (Lipinski definition) is 4. The monoisotopic (exact) mass is 537 g/mol. The second kappa shape index (κ2) is 11.4. The SMILES string of the molecule is COCC(C)(C)c1c(-c2ccc(C(=O)OC)cc2)c2c(OCc3ccccc3)cccc2n1-c1ccc(F)cc1. The van der Waals surface area contributed by atoms with Gasteiger partial charge in [-0.3, -0.25) is 0 Å². The summed E-state index contributed by atoms with van der Waals surface area (Å²) in [4.78, 5) is 12.2. The zero-order valence-corrected chi connectivity index (χ0v) is 23.1. The maximum absolute atomic E-state index is 14.0. The number of esters is 1.